The van der Waals surface area contributed by atoms with Gasteiger partial charge in [-0.05, 0) is 29.1 Å². The molecular formula is C13H13FN2OS. The lowest BCUT2D eigenvalue weighted by atomic mass is 10.1. The van der Waals surface area contributed by atoms with Crippen LogP contribution in [-0.2, 0) is 11.3 Å². The monoisotopic (exact) mass is 264 g/mol. The molecule has 2 aromatic rings. The molecule has 1 unspecified atom stereocenters. The van der Waals surface area contributed by atoms with E-state index in [9.17, 15) is 9.18 Å². The van der Waals surface area contributed by atoms with Crippen LogP contribution in [0.3, 0.4) is 0 Å². The number of nitrogens with two attached hydrogens (primary N) is 1. The van der Waals surface area contributed by atoms with Gasteiger partial charge in [-0.15, -0.1) is 11.3 Å². The van der Waals surface area contributed by atoms with Crippen molar-refractivity contribution >= 4 is 17.2 Å². The summed E-state index contributed by atoms with van der Waals surface area (Å²) in [7, 11) is 0. The number of rotatable bonds is 5. The van der Waals surface area contributed by atoms with E-state index >= 15 is 0 Å². The summed E-state index contributed by atoms with van der Waals surface area (Å²) in [6.45, 7) is 0.558. The first-order chi connectivity index (χ1) is 8.66. The van der Waals surface area contributed by atoms with Gasteiger partial charge in [-0.2, -0.15) is 0 Å². The Hall–Kier alpha value is -1.72. The van der Waals surface area contributed by atoms with E-state index in [4.69, 9.17) is 5.73 Å². The standard InChI is InChI=1S/C13H13FN2OS/c14-10-5-3-9(4-6-10)12(13(15)17)16-8-11-2-1-7-18-11/h1-7,12,16H,8H2,(H2,15,17). The third-order valence-corrected chi connectivity index (χ3v) is 3.42. The van der Waals surface area contributed by atoms with Crippen LogP contribution in [0.15, 0.2) is 41.8 Å². The molecule has 94 valence electrons. The number of hydrogen-bond acceptors (Lipinski definition) is 3. The highest BCUT2D eigenvalue weighted by Gasteiger charge is 2.17. The van der Waals surface area contributed by atoms with Crippen molar-refractivity contribution in [2.75, 3.05) is 0 Å². The Morgan fingerprint density at radius 2 is 2.06 bits per heavy atom. The number of primary amides is 1. The summed E-state index contributed by atoms with van der Waals surface area (Å²) in [5.74, 6) is -0.807. The number of carbonyl (C=O) groups is 1. The van der Waals surface area contributed by atoms with Gasteiger partial charge in [0.2, 0.25) is 5.91 Å². The lowest BCUT2D eigenvalue weighted by molar-refractivity contribution is -0.120. The van der Waals surface area contributed by atoms with Gasteiger partial charge < -0.3 is 5.73 Å². The van der Waals surface area contributed by atoms with E-state index in [2.05, 4.69) is 5.32 Å². The van der Waals surface area contributed by atoms with Crippen LogP contribution in [-0.4, -0.2) is 5.91 Å². The first-order valence-corrected chi connectivity index (χ1v) is 6.35. The molecule has 0 saturated heterocycles. The van der Waals surface area contributed by atoms with Gasteiger partial charge >= 0.3 is 0 Å². The molecule has 1 amide bonds. The third kappa shape index (κ3) is 3.15. The van der Waals surface area contributed by atoms with Gasteiger partial charge in [0.05, 0.1) is 0 Å². The highest BCUT2D eigenvalue weighted by atomic mass is 32.1. The van der Waals surface area contributed by atoms with Crippen molar-refractivity contribution in [2.45, 2.75) is 12.6 Å². The van der Waals surface area contributed by atoms with E-state index in [1.54, 1.807) is 23.5 Å². The molecule has 0 aliphatic heterocycles. The van der Waals surface area contributed by atoms with Crippen LogP contribution in [0.25, 0.3) is 0 Å². The molecule has 0 radical (unpaired) electrons. The van der Waals surface area contributed by atoms with E-state index in [0.29, 0.717) is 12.1 Å². The molecule has 0 aliphatic rings. The minimum Gasteiger partial charge on any atom is -0.368 e. The Balaban J connectivity index is 2.08. The molecule has 0 aliphatic carbocycles. The Morgan fingerprint density at radius 3 is 2.61 bits per heavy atom. The molecule has 1 aromatic carbocycles. The van der Waals surface area contributed by atoms with Crippen LogP contribution in [0.2, 0.25) is 0 Å². The van der Waals surface area contributed by atoms with Gasteiger partial charge in [0, 0.05) is 11.4 Å². The van der Waals surface area contributed by atoms with Crippen molar-refractivity contribution in [2.24, 2.45) is 5.73 Å². The second-order valence-corrected chi connectivity index (χ2v) is 4.88. The number of benzene rings is 1. The van der Waals surface area contributed by atoms with Crippen LogP contribution < -0.4 is 11.1 Å². The highest BCUT2D eigenvalue weighted by molar-refractivity contribution is 7.09. The molecule has 18 heavy (non-hydrogen) atoms. The molecule has 3 N–H and O–H groups in total. The second kappa shape index (κ2) is 5.75. The Bertz CT molecular complexity index is 510. The zero-order chi connectivity index (χ0) is 13.0. The van der Waals surface area contributed by atoms with Crippen molar-refractivity contribution < 1.29 is 9.18 Å². The molecule has 1 aromatic heterocycles. The summed E-state index contributed by atoms with van der Waals surface area (Å²) >= 11 is 1.60. The van der Waals surface area contributed by atoms with Crippen molar-refractivity contribution in [3.63, 3.8) is 0 Å². The average Bonchev–Trinajstić information content (AvgIpc) is 2.84. The molecule has 5 heteroatoms. The number of carbonyl (C=O) groups excluding carboxylic acids is 1. The highest BCUT2D eigenvalue weighted by Crippen LogP contribution is 2.15. The van der Waals surface area contributed by atoms with Crippen molar-refractivity contribution in [1.29, 1.82) is 0 Å². The van der Waals surface area contributed by atoms with E-state index in [0.717, 1.165) is 4.88 Å². The topological polar surface area (TPSA) is 55.1 Å². The van der Waals surface area contributed by atoms with Gasteiger partial charge in [0.15, 0.2) is 0 Å². The zero-order valence-corrected chi connectivity index (χ0v) is 10.4. The number of hydrogen-bond donors (Lipinski definition) is 2. The molecule has 0 bridgehead atoms. The maximum absolute atomic E-state index is 12.8. The van der Waals surface area contributed by atoms with Gasteiger partial charge in [-0.25, -0.2) is 4.39 Å². The fourth-order valence-corrected chi connectivity index (χ4v) is 2.31. The lowest BCUT2D eigenvalue weighted by Gasteiger charge is -2.15. The predicted octanol–water partition coefficient (Wildman–Crippen LogP) is 2.20. The minimum absolute atomic E-state index is 0.333. The minimum atomic E-state index is -0.604. The van der Waals surface area contributed by atoms with Gasteiger partial charge in [-0.3, -0.25) is 10.1 Å². The van der Waals surface area contributed by atoms with Crippen LogP contribution in [0, 0.1) is 5.82 Å². The fourth-order valence-electron chi connectivity index (χ4n) is 1.65. The van der Waals surface area contributed by atoms with Crippen LogP contribution >= 0.6 is 11.3 Å². The summed E-state index contributed by atoms with van der Waals surface area (Å²) < 4.78 is 12.8. The van der Waals surface area contributed by atoms with Crippen LogP contribution in [0.4, 0.5) is 4.39 Å². The summed E-state index contributed by atoms with van der Waals surface area (Å²) in [6.07, 6.45) is 0. The summed E-state index contributed by atoms with van der Waals surface area (Å²) in [6, 6.07) is 9.07. The first kappa shape index (κ1) is 12.7. The summed E-state index contributed by atoms with van der Waals surface area (Å²) in [5, 5.41) is 5.04. The van der Waals surface area contributed by atoms with Crippen molar-refractivity contribution in [3.8, 4) is 0 Å². The maximum atomic E-state index is 12.8. The smallest absolute Gasteiger partial charge is 0.239 e. The van der Waals surface area contributed by atoms with Crippen molar-refractivity contribution in [3.05, 3.63) is 58.0 Å². The molecule has 3 nitrogen and oxygen atoms in total. The normalized spacial score (nSPS) is 12.3. The van der Waals surface area contributed by atoms with E-state index in [-0.39, 0.29) is 5.82 Å². The fraction of sp³-hybridized carbons (Fsp3) is 0.154. The predicted molar refractivity (Wildman–Crippen MR) is 69.5 cm³/mol. The number of thiophene rings is 1. The second-order valence-electron chi connectivity index (χ2n) is 3.85. The van der Waals surface area contributed by atoms with Gasteiger partial charge in [0.25, 0.3) is 0 Å². The lowest BCUT2D eigenvalue weighted by Crippen LogP contribution is -2.33. The Kier molecular flexibility index (Phi) is 4.07. The Morgan fingerprint density at radius 1 is 1.33 bits per heavy atom. The van der Waals surface area contributed by atoms with Crippen LogP contribution in [0.1, 0.15) is 16.5 Å². The van der Waals surface area contributed by atoms with Gasteiger partial charge in [-0.1, -0.05) is 18.2 Å². The third-order valence-electron chi connectivity index (χ3n) is 2.55. The molecule has 0 fully saturated rings. The van der Waals surface area contributed by atoms with E-state index in [1.165, 1.54) is 12.1 Å². The van der Waals surface area contributed by atoms with E-state index in [1.807, 2.05) is 17.5 Å². The summed E-state index contributed by atoms with van der Waals surface area (Å²) in [4.78, 5) is 12.5. The first-order valence-electron chi connectivity index (χ1n) is 5.47. The average molecular weight is 264 g/mol. The quantitative estimate of drug-likeness (QED) is 0.870. The zero-order valence-electron chi connectivity index (χ0n) is 9.60. The molecule has 0 saturated carbocycles. The molecule has 2 rings (SSSR count). The number of halogens is 1. The molecule has 0 spiro atoms. The van der Waals surface area contributed by atoms with Crippen molar-refractivity contribution in [1.82, 2.24) is 5.32 Å². The largest absolute Gasteiger partial charge is 0.368 e. The molecule has 1 atom stereocenters. The van der Waals surface area contributed by atoms with Crippen LogP contribution in [0.5, 0.6) is 0 Å². The molecule has 1 heterocycles. The molecular weight excluding hydrogens is 251 g/mol. The number of nitrogens with one attached hydrogen (secondary N) is 1. The van der Waals surface area contributed by atoms with E-state index < -0.39 is 11.9 Å². The Labute approximate surface area is 108 Å². The summed E-state index contributed by atoms with van der Waals surface area (Å²) in [5.41, 5.74) is 6.02. The SMILES string of the molecule is NC(=O)C(NCc1cccs1)c1ccc(F)cc1. The maximum Gasteiger partial charge on any atom is 0.239 e. The van der Waals surface area contributed by atoms with Gasteiger partial charge in [0.1, 0.15) is 11.9 Å². The number of amides is 1.